The van der Waals surface area contributed by atoms with E-state index >= 15 is 0 Å². The molecule has 1 amide bonds. The van der Waals surface area contributed by atoms with Crippen molar-refractivity contribution < 1.29 is 14.3 Å². The predicted molar refractivity (Wildman–Crippen MR) is 94.3 cm³/mol. The number of hydrogen-bond donors (Lipinski definition) is 1. The number of benzene rings is 1. The zero-order valence-electron chi connectivity index (χ0n) is 14.6. The van der Waals surface area contributed by atoms with E-state index in [1.165, 1.54) is 0 Å². The summed E-state index contributed by atoms with van der Waals surface area (Å²) in [5.74, 6) is -0.284. The van der Waals surface area contributed by atoms with E-state index in [-0.39, 0.29) is 11.7 Å². The minimum absolute atomic E-state index is 0.0567. The lowest BCUT2D eigenvalue weighted by atomic mass is 10.0. The molecule has 3 rings (SSSR count). The summed E-state index contributed by atoms with van der Waals surface area (Å²) < 4.78 is 11.5. The van der Waals surface area contributed by atoms with Crippen molar-refractivity contribution in [1.82, 2.24) is 4.90 Å². The van der Waals surface area contributed by atoms with Gasteiger partial charge in [-0.2, -0.15) is 0 Å². The van der Waals surface area contributed by atoms with Gasteiger partial charge in [-0.15, -0.1) is 0 Å². The molecule has 2 heterocycles. The highest BCUT2D eigenvalue weighted by Gasteiger charge is 2.39. The van der Waals surface area contributed by atoms with Crippen molar-refractivity contribution >= 4 is 17.3 Å². The van der Waals surface area contributed by atoms with Crippen LogP contribution in [0.1, 0.15) is 19.3 Å². The number of nitrogens with zero attached hydrogens (tertiary/aromatic N) is 2. The van der Waals surface area contributed by atoms with Gasteiger partial charge in [0.25, 0.3) is 0 Å². The Hall–Kier alpha value is -1.63. The third-order valence-electron chi connectivity index (χ3n) is 4.75. The van der Waals surface area contributed by atoms with Crippen molar-refractivity contribution in [2.24, 2.45) is 0 Å². The molecule has 2 fully saturated rings. The van der Waals surface area contributed by atoms with Crippen LogP contribution in [0.5, 0.6) is 0 Å². The van der Waals surface area contributed by atoms with Crippen LogP contribution in [0, 0.1) is 0 Å². The smallest absolute Gasteiger partial charge is 0.225 e. The van der Waals surface area contributed by atoms with Crippen LogP contribution in [-0.4, -0.2) is 63.5 Å². The van der Waals surface area contributed by atoms with Crippen molar-refractivity contribution in [1.29, 1.82) is 0 Å². The molecule has 6 nitrogen and oxygen atoms in total. The summed E-state index contributed by atoms with van der Waals surface area (Å²) >= 11 is 0. The van der Waals surface area contributed by atoms with Gasteiger partial charge in [0.1, 0.15) is 0 Å². The molecule has 1 spiro atoms. The molecule has 2 aliphatic rings. The number of anilines is 2. The van der Waals surface area contributed by atoms with Gasteiger partial charge in [0.15, 0.2) is 5.79 Å². The van der Waals surface area contributed by atoms with Crippen LogP contribution in [0.25, 0.3) is 0 Å². The predicted octanol–water partition coefficient (Wildman–Crippen LogP) is 1.92. The van der Waals surface area contributed by atoms with Gasteiger partial charge in [0.05, 0.1) is 13.2 Å². The van der Waals surface area contributed by atoms with Gasteiger partial charge in [-0.3, -0.25) is 4.79 Å². The summed E-state index contributed by atoms with van der Waals surface area (Å²) in [5.41, 5.74) is 1.96. The molecule has 0 unspecified atom stereocenters. The number of rotatable bonds is 5. The highest BCUT2D eigenvalue weighted by Crippen LogP contribution is 2.31. The molecule has 0 bridgehead atoms. The summed E-state index contributed by atoms with van der Waals surface area (Å²) in [5, 5.41) is 2.96. The van der Waals surface area contributed by atoms with Gasteiger partial charge in [-0.05, 0) is 24.3 Å². The highest BCUT2D eigenvalue weighted by molar-refractivity contribution is 5.91. The van der Waals surface area contributed by atoms with E-state index in [0.717, 1.165) is 43.9 Å². The third kappa shape index (κ3) is 4.26. The second-order valence-electron chi connectivity index (χ2n) is 6.69. The Kier molecular flexibility index (Phi) is 5.38. The molecule has 2 aliphatic heterocycles. The van der Waals surface area contributed by atoms with E-state index in [0.29, 0.717) is 19.6 Å². The maximum Gasteiger partial charge on any atom is 0.225 e. The number of piperidine rings is 1. The first-order chi connectivity index (χ1) is 11.6. The third-order valence-corrected chi connectivity index (χ3v) is 4.75. The number of nitrogens with one attached hydrogen (secondary N) is 1. The first-order valence-corrected chi connectivity index (χ1v) is 8.64. The molecule has 0 saturated carbocycles. The lowest BCUT2D eigenvalue weighted by Gasteiger charge is -2.37. The molecule has 1 N–H and O–H groups in total. The van der Waals surface area contributed by atoms with Gasteiger partial charge in [-0.25, -0.2) is 0 Å². The minimum Gasteiger partial charge on any atom is -0.378 e. The zero-order valence-corrected chi connectivity index (χ0v) is 14.6. The van der Waals surface area contributed by atoms with Gasteiger partial charge < -0.3 is 24.6 Å². The van der Waals surface area contributed by atoms with E-state index < -0.39 is 0 Å². The van der Waals surface area contributed by atoms with E-state index in [1.54, 1.807) is 0 Å². The summed E-state index contributed by atoms with van der Waals surface area (Å²) in [4.78, 5) is 16.5. The lowest BCUT2D eigenvalue weighted by Crippen LogP contribution is -2.45. The van der Waals surface area contributed by atoms with Gasteiger partial charge in [0.2, 0.25) is 5.91 Å². The molecule has 0 radical (unpaired) electrons. The van der Waals surface area contributed by atoms with Crippen LogP contribution < -0.4 is 10.2 Å². The van der Waals surface area contributed by atoms with Crippen LogP contribution in [-0.2, 0) is 14.3 Å². The van der Waals surface area contributed by atoms with Crippen LogP contribution in [0.2, 0.25) is 0 Å². The Labute approximate surface area is 143 Å². The number of amides is 1. The van der Waals surface area contributed by atoms with Crippen molar-refractivity contribution in [3.63, 3.8) is 0 Å². The number of ether oxygens (including phenoxy) is 2. The summed E-state index contributed by atoms with van der Waals surface area (Å²) in [7, 11) is 4.00. The van der Waals surface area contributed by atoms with Crippen molar-refractivity contribution in [2.75, 3.05) is 57.2 Å². The quantitative estimate of drug-likeness (QED) is 0.892. The van der Waals surface area contributed by atoms with E-state index in [9.17, 15) is 4.79 Å². The second kappa shape index (κ2) is 7.51. The molecule has 24 heavy (non-hydrogen) atoms. The summed E-state index contributed by atoms with van der Waals surface area (Å²) in [6.07, 6.45) is 2.28. The first-order valence-electron chi connectivity index (χ1n) is 8.64. The average molecular weight is 333 g/mol. The minimum atomic E-state index is -0.340. The number of carbonyl (C=O) groups excluding carboxylic acids is 1. The molecule has 132 valence electrons. The summed E-state index contributed by atoms with van der Waals surface area (Å²) in [6.45, 7) is 4.03. The SMILES string of the molecule is CN(C)c1ccc(NC(=O)CCN2CCC3(CC2)OCCO3)cc1. The fourth-order valence-corrected chi connectivity index (χ4v) is 3.23. The topological polar surface area (TPSA) is 54.0 Å². The number of hydrogen-bond acceptors (Lipinski definition) is 5. The van der Waals surface area contributed by atoms with Crippen molar-refractivity contribution in [3.8, 4) is 0 Å². The molecule has 2 saturated heterocycles. The normalized spacial score (nSPS) is 20.2. The van der Waals surface area contributed by atoms with E-state index in [1.807, 2.05) is 43.3 Å². The number of carbonyl (C=O) groups is 1. The van der Waals surface area contributed by atoms with Crippen molar-refractivity contribution in [3.05, 3.63) is 24.3 Å². The Balaban J connectivity index is 1.39. The zero-order chi connectivity index (χ0) is 17.0. The van der Waals surface area contributed by atoms with Crippen molar-refractivity contribution in [2.45, 2.75) is 25.0 Å². The fraction of sp³-hybridized carbons (Fsp3) is 0.611. The Bertz CT molecular complexity index is 543. The number of likely N-dealkylation sites (tertiary alicyclic amines) is 1. The van der Waals surface area contributed by atoms with E-state index in [2.05, 4.69) is 10.2 Å². The Morgan fingerprint density at radius 1 is 1.17 bits per heavy atom. The second-order valence-corrected chi connectivity index (χ2v) is 6.69. The standard InChI is InChI=1S/C18H27N3O3/c1-20(2)16-5-3-15(4-6-16)19-17(22)7-10-21-11-8-18(9-12-21)23-13-14-24-18/h3-6H,7-14H2,1-2H3,(H,19,22). The largest absolute Gasteiger partial charge is 0.378 e. The Morgan fingerprint density at radius 3 is 2.38 bits per heavy atom. The van der Waals surface area contributed by atoms with Crippen LogP contribution in [0.3, 0.4) is 0 Å². The highest BCUT2D eigenvalue weighted by atomic mass is 16.7. The molecular weight excluding hydrogens is 306 g/mol. The van der Waals surface area contributed by atoms with Gasteiger partial charge in [-0.1, -0.05) is 0 Å². The monoisotopic (exact) mass is 333 g/mol. The maximum absolute atomic E-state index is 12.1. The molecule has 6 heteroatoms. The lowest BCUT2D eigenvalue weighted by molar-refractivity contribution is -0.185. The first kappa shape index (κ1) is 17.2. The van der Waals surface area contributed by atoms with Gasteiger partial charge >= 0.3 is 0 Å². The van der Waals surface area contributed by atoms with Gasteiger partial charge in [0, 0.05) is 64.4 Å². The molecular formula is C18H27N3O3. The molecule has 0 aromatic heterocycles. The average Bonchev–Trinajstić information content (AvgIpc) is 3.03. The van der Waals surface area contributed by atoms with E-state index in [4.69, 9.17) is 9.47 Å². The maximum atomic E-state index is 12.1. The van der Waals surface area contributed by atoms with Crippen LogP contribution in [0.15, 0.2) is 24.3 Å². The van der Waals surface area contributed by atoms with Crippen LogP contribution in [0.4, 0.5) is 11.4 Å². The Morgan fingerprint density at radius 2 is 1.79 bits per heavy atom. The fourth-order valence-electron chi connectivity index (χ4n) is 3.23. The molecule has 0 aliphatic carbocycles. The summed E-state index contributed by atoms with van der Waals surface area (Å²) in [6, 6.07) is 7.88. The molecule has 0 atom stereocenters. The van der Waals surface area contributed by atoms with Crippen LogP contribution >= 0.6 is 0 Å². The molecule has 1 aromatic carbocycles. The molecule has 1 aromatic rings.